The molecule has 1 aliphatic carbocycles. The molecule has 0 spiro atoms. The van der Waals surface area contributed by atoms with Gasteiger partial charge in [-0.05, 0) is 51.0 Å². The van der Waals surface area contributed by atoms with E-state index in [1.807, 2.05) is 13.8 Å². The summed E-state index contributed by atoms with van der Waals surface area (Å²) in [5, 5.41) is 3.53. The van der Waals surface area contributed by atoms with Crippen LogP contribution in [0.4, 0.5) is 8.78 Å². The number of rotatable bonds is 8. The zero-order valence-corrected chi connectivity index (χ0v) is 17.6. The quantitative estimate of drug-likeness (QED) is 0.700. The summed E-state index contributed by atoms with van der Waals surface area (Å²) in [5.41, 5.74) is 0.987. The first-order valence-corrected chi connectivity index (χ1v) is 11.1. The van der Waals surface area contributed by atoms with Gasteiger partial charge < -0.3 is 10.1 Å². The largest absolute Gasteiger partial charge is 0.464 e. The molecule has 0 unspecified atom stereocenters. The molecule has 0 radical (unpaired) electrons. The van der Waals surface area contributed by atoms with Crippen LogP contribution in [0.25, 0.3) is 0 Å². The lowest BCUT2D eigenvalue weighted by atomic mass is 9.84. The molecule has 8 heteroatoms. The van der Waals surface area contributed by atoms with Crippen LogP contribution >= 0.6 is 11.3 Å². The second-order valence-corrected chi connectivity index (χ2v) is 9.29. The summed E-state index contributed by atoms with van der Waals surface area (Å²) in [4.78, 5) is 19.8. The highest BCUT2D eigenvalue weighted by molar-refractivity contribution is 7.13. The molecule has 1 aliphatic heterocycles. The summed E-state index contributed by atoms with van der Waals surface area (Å²) in [6.45, 7) is 6.09. The smallest absolute Gasteiger partial charge is 0.273 e. The monoisotopic (exact) mass is 415 g/mol. The van der Waals surface area contributed by atoms with Crippen molar-refractivity contribution in [3.05, 3.63) is 10.6 Å². The number of carbonyl (C=O) groups excluding carboxylic acids is 1. The minimum atomic E-state index is -2.47. The van der Waals surface area contributed by atoms with Gasteiger partial charge in [-0.3, -0.25) is 9.69 Å². The highest BCUT2D eigenvalue weighted by Crippen LogP contribution is 2.31. The molecule has 1 aromatic heterocycles. The molecule has 5 nitrogen and oxygen atoms in total. The van der Waals surface area contributed by atoms with Crippen molar-refractivity contribution in [2.45, 2.75) is 71.4 Å². The van der Waals surface area contributed by atoms with E-state index < -0.39 is 13.0 Å². The number of thiazole rings is 1. The molecule has 1 amide bonds. The zero-order valence-electron chi connectivity index (χ0n) is 16.8. The number of ether oxygens (including phenoxy) is 1. The molecule has 2 heterocycles. The van der Waals surface area contributed by atoms with Crippen LogP contribution in [0, 0.1) is 11.8 Å². The van der Waals surface area contributed by atoms with Crippen LogP contribution in [0.1, 0.15) is 56.5 Å². The lowest BCUT2D eigenvalue weighted by Gasteiger charge is -2.32. The summed E-state index contributed by atoms with van der Waals surface area (Å²) < 4.78 is 29.6. The van der Waals surface area contributed by atoms with Crippen LogP contribution in [0.2, 0.25) is 0 Å². The highest BCUT2D eigenvalue weighted by Gasteiger charge is 2.25. The van der Waals surface area contributed by atoms with E-state index in [-0.39, 0.29) is 11.8 Å². The van der Waals surface area contributed by atoms with Crippen molar-refractivity contribution in [3.8, 4) is 5.19 Å². The standard InChI is InChI=1S/C20H31F2N3O2S/c1-13(2)19(26)23-15-5-3-14(4-6-15)7-9-25-10-8-17-16(11-25)24-20(28-17)27-12-18(21)22/h13-15,18H,3-12H2,1-2H3,(H,23,26). The Hall–Kier alpha value is -1.28. The van der Waals surface area contributed by atoms with E-state index in [1.54, 1.807) is 0 Å². The number of hydrogen-bond acceptors (Lipinski definition) is 5. The molecule has 1 aromatic rings. The molecule has 158 valence electrons. The Morgan fingerprint density at radius 2 is 2.07 bits per heavy atom. The molecule has 0 bridgehead atoms. The highest BCUT2D eigenvalue weighted by atomic mass is 32.1. The first-order valence-electron chi connectivity index (χ1n) is 10.3. The van der Waals surface area contributed by atoms with E-state index in [2.05, 4.69) is 15.2 Å². The number of hydrogen-bond donors (Lipinski definition) is 1. The second kappa shape index (κ2) is 9.96. The van der Waals surface area contributed by atoms with E-state index in [9.17, 15) is 13.6 Å². The Labute approximate surface area is 169 Å². The van der Waals surface area contributed by atoms with Gasteiger partial charge in [-0.15, -0.1) is 0 Å². The van der Waals surface area contributed by atoms with Gasteiger partial charge in [0.05, 0.1) is 5.69 Å². The van der Waals surface area contributed by atoms with Crippen molar-refractivity contribution in [2.24, 2.45) is 11.8 Å². The fourth-order valence-electron chi connectivity index (χ4n) is 3.94. The minimum Gasteiger partial charge on any atom is -0.464 e. The van der Waals surface area contributed by atoms with Gasteiger partial charge in [0.25, 0.3) is 11.6 Å². The number of halogens is 2. The molecule has 0 aromatic carbocycles. The summed E-state index contributed by atoms with van der Waals surface area (Å²) in [7, 11) is 0. The predicted octanol–water partition coefficient (Wildman–Crippen LogP) is 3.87. The zero-order chi connectivity index (χ0) is 20.1. The summed E-state index contributed by atoms with van der Waals surface area (Å²) in [6.07, 6.45) is 4.10. The van der Waals surface area contributed by atoms with Gasteiger partial charge in [0.2, 0.25) is 5.91 Å². The molecule has 0 saturated heterocycles. The topological polar surface area (TPSA) is 54.5 Å². The average molecular weight is 416 g/mol. The molecule has 28 heavy (non-hydrogen) atoms. The van der Waals surface area contributed by atoms with Gasteiger partial charge in [-0.25, -0.2) is 13.8 Å². The Kier molecular flexibility index (Phi) is 7.62. The molecular weight excluding hydrogens is 384 g/mol. The van der Waals surface area contributed by atoms with Crippen LogP contribution in [0.5, 0.6) is 5.19 Å². The maximum atomic E-state index is 12.3. The molecule has 3 rings (SSSR count). The van der Waals surface area contributed by atoms with E-state index in [4.69, 9.17) is 4.74 Å². The summed E-state index contributed by atoms with van der Waals surface area (Å²) in [5.74, 6) is 0.926. The third-order valence-corrected chi connectivity index (χ3v) is 6.76. The van der Waals surface area contributed by atoms with Crippen molar-refractivity contribution in [3.63, 3.8) is 0 Å². The van der Waals surface area contributed by atoms with Crippen molar-refractivity contribution in [2.75, 3.05) is 19.7 Å². The number of nitrogens with zero attached hydrogens (tertiary/aromatic N) is 2. The Balaban J connectivity index is 1.38. The van der Waals surface area contributed by atoms with Gasteiger partial charge in [0.15, 0.2) is 6.61 Å². The third kappa shape index (κ3) is 6.11. The second-order valence-electron chi connectivity index (χ2n) is 8.25. The van der Waals surface area contributed by atoms with E-state index in [0.717, 1.165) is 44.6 Å². The number of amides is 1. The van der Waals surface area contributed by atoms with E-state index in [0.29, 0.717) is 17.2 Å². The lowest BCUT2D eigenvalue weighted by Crippen LogP contribution is -2.40. The number of fused-ring (bicyclic) bond motifs is 1. The SMILES string of the molecule is CC(C)C(=O)NC1CCC(CCN2CCc3sc(OCC(F)F)nc3C2)CC1. The van der Waals surface area contributed by atoms with Gasteiger partial charge >= 0.3 is 0 Å². The van der Waals surface area contributed by atoms with Gasteiger partial charge in [-0.1, -0.05) is 25.2 Å². The maximum absolute atomic E-state index is 12.3. The first-order chi connectivity index (χ1) is 13.4. The predicted molar refractivity (Wildman–Crippen MR) is 106 cm³/mol. The maximum Gasteiger partial charge on any atom is 0.273 e. The fourth-order valence-corrected chi connectivity index (χ4v) is 4.86. The van der Waals surface area contributed by atoms with Crippen molar-refractivity contribution < 1.29 is 18.3 Å². The number of nitrogens with one attached hydrogen (secondary N) is 1. The molecule has 2 aliphatic rings. The van der Waals surface area contributed by atoms with E-state index in [1.165, 1.54) is 35.5 Å². The average Bonchev–Trinajstić information content (AvgIpc) is 3.08. The van der Waals surface area contributed by atoms with Crippen LogP contribution in [-0.4, -0.2) is 48.0 Å². The van der Waals surface area contributed by atoms with Gasteiger partial charge in [0.1, 0.15) is 0 Å². The third-order valence-electron chi connectivity index (χ3n) is 5.69. The van der Waals surface area contributed by atoms with E-state index >= 15 is 0 Å². The first kappa shape index (κ1) is 21.4. The Bertz CT molecular complexity index is 645. The fraction of sp³-hybridized carbons (Fsp3) is 0.800. The minimum absolute atomic E-state index is 0.0497. The normalized spacial score (nSPS) is 23.1. The number of carbonyl (C=O) groups is 1. The molecule has 1 fully saturated rings. The summed E-state index contributed by atoms with van der Waals surface area (Å²) in [6, 6.07) is 0.338. The number of alkyl halides is 2. The van der Waals surface area contributed by atoms with Gasteiger partial charge in [-0.2, -0.15) is 0 Å². The van der Waals surface area contributed by atoms with Gasteiger partial charge in [0, 0.05) is 29.9 Å². The molecule has 0 atom stereocenters. The Morgan fingerprint density at radius 3 is 2.75 bits per heavy atom. The van der Waals surface area contributed by atoms with Crippen LogP contribution < -0.4 is 10.1 Å². The van der Waals surface area contributed by atoms with Crippen LogP contribution in [-0.2, 0) is 17.8 Å². The molecule has 1 saturated carbocycles. The van der Waals surface area contributed by atoms with Crippen molar-refractivity contribution >= 4 is 17.2 Å². The lowest BCUT2D eigenvalue weighted by molar-refractivity contribution is -0.125. The van der Waals surface area contributed by atoms with Crippen LogP contribution in [0.3, 0.4) is 0 Å². The Morgan fingerprint density at radius 1 is 1.32 bits per heavy atom. The summed E-state index contributed by atoms with van der Waals surface area (Å²) >= 11 is 1.40. The van der Waals surface area contributed by atoms with Crippen molar-refractivity contribution in [1.82, 2.24) is 15.2 Å². The number of aromatic nitrogens is 1. The van der Waals surface area contributed by atoms with Crippen molar-refractivity contribution in [1.29, 1.82) is 0 Å². The molecular formula is C20H31F2N3O2S. The van der Waals surface area contributed by atoms with Crippen LogP contribution in [0.15, 0.2) is 0 Å². The molecule has 1 N–H and O–H groups in total.